The SMILES string of the molecule is CC(=O)Nc1nnc(C2=C(C(=O)O)N3C(=O)C(NC(=O)Cc4cccs4)[C@H]3SC2)s1. The number of amides is 3. The number of hydrogen-bond acceptors (Lipinski definition) is 9. The number of carbonyl (C=O) groups is 4. The largest absolute Gasteiger partial charge is 0.477 e. The summed E-state index contributed by atoms with van der Waals surface area (Å²) in [6, 6.07) is 2.91. The molecule has 2 aromatic heterocycles. The van der Waals surface area contributed by atoms with Gasteiger partial charge in [-0.15, -0.1) is 33.3 Å². The van der Waals surface area contributed by atoms with Crippen molar-refractivity contribution >= 4 is 68.8 Å². The summed E-state index contributed by atoms with van der Waals surface area (Å²) < 4.78 is 0. The average Bonchev–Trinajstić information content (AvgIpc) is 3.36. The summed E-state index contributed by atoms with van der Waals surface area (Å²) >= 11 is 3.83. The highest BCUT2D eigenvalue weighted by Gasteiger charge is 2.54. The van der Waals surface area contributed by atoms with Crippen molar-refractivity contribution in [2.24, 2.45) is 0 Å². The lowest BCUT2D eigenvalue weighted by atomic mass is 10.0. The number of fused-ring (bicyclic) bond motifs is 1. The van der Waals surface area contributed by atoms with Crippen LogP contribution in [-0.4, -0.2) is 61.1 Å². The number of carbonyl (C=O) groups excluding carboxylic acids is 3. The van der Waals surface area contributed by atoms with Crippen LogP contribution in [0.15, 0.2) is 23.2 Å². The molecule has 0 bridgehead atoms. The highest BCUT2D eigenvalue weighted by atomic mass is 32.2. The fourth-order valence-electron chi connectivity index (χ4n) is 3.13. The van der Waals surface area contributed by atoms with Gasteiger partial charge < -0.3 is 15.7 Å². The minimum atomic E-state index is -1.26. The van der Waals surface area contributed by atoms with Gasteiger partial charge in [0.15, 0.2) is 0 Å². The Hall–Kier alpha value is -2.77. The maximum atomic E-state index is 12.7. The maximum absolute atomic E-state index is 12.7. The molecule has 2 aliphatic heterocycles. The van der Waals surface area contributed by atoms with Gasteiger partial charge in [0.1, 0.15) is 22.1 Å². The first kappa shape index (κ1) is 20.5. The van der Waals surface area contributed by atoms with Crippen molar-refractivity contribution in [3.05, 3.63) is 33.1 Å². The van der Waals surface area contributed by atoms with Crippen molar-refractivity contribution in [2.75, 3.05) is 11.1 Å². The minimum absolute atomic E-state index is 0.168. The third-order valence-corrected chi connectivity index (χ3v) is 7.42. The van der Waals surface area contributed by atoms with Crippen molar-refractivity contribution < 1.29 is 24.3 Å². The van der Waals surface area contributed by atoms with E-state index in [2.05, 4.69) is 20.8 Å². The van der Waals surface area contributed by atoms with E-state index in [0.717, 1.165) is 16.2 Å². The second-order valence-electron chi connectivity index (χ2n) is 6.44. The number of nitrogens with one attached hydrogen (secondary N) is 2. The predicted molar refractivity (Wildman–Crippen MR) is 112 cm³/mol. The molecule has 2 aromatic rings. The lowest BCUT2D eigenvalue weighted by Crippen LogP contribution is -2.70. The van der Waals surface area contributed by atoms with Crippen LogP contribution in [0.5, 0.6) is 0 Å². The number of nitrogens with zero attached hydrogens (tertiary/aromatic N) is 3. The molecule has 30 heavy (non-hydrogen) atoms. The highest BCUT2D eigenvalue weighted by Crippen LogP contribution is 2.44. The number of hydrogen-bond donors (Lipinski definition) is 3. The van der Waals surface area contributed by atoms with Crippen LogP contribution < -0.4 is 10.6 Å². The molecule has 4 rings (SSSR count). The summed E-state index contributed by atoms with van der Waals surface area (Å²) in [6.45, 7) is 1.33. The van der Waals surface area contributed by atoms with Crippen molar-refractivity contribution in [1.82, 2.24) is 20.4 Å². The number of anilines is 1. The highest BCUT2D eigenvalue weighted by molar-refractivity contribution is 8.00. The van der Waals surface area contributed by atoms with Gasteiger partial charge in [0.2, 0.25) is 16.9 Å². The topological polar surface area (TPSA) is 142 Å². The quantitative estimate of drug-likeness (QED) is 0.537. The van der Waals surface area contributed by atoms with E-state index in [1.165, 1.54) is 34.9 Å². The van der Waals surface area contributed by atoms with E-state index in [0.29, 0.717) is 10.6 Å². The predicted octanol–water partition coefficient (Wildman–Crippen LogP) is 0.996. The van der Waals surface area contributed by atoms with Gasteiger partial charge in [-0.2, -0.15) is 0 Å². The maximum Gasteiger partial charge on any atom is 0.353 e. The normalized spacial score (nSPS) is 20.4. The fourth-order valence-corrected chi connectivity index (χ4v) is 6.10. The second-order valence-corrected chi connectivity index (χ2v) is 9.55. The van der Waals surface area contributed by atoms with Crippen LogP contribution in [0.3, 0.4) is 0 Å². The van der Waals surface area contributed by atoms with Crippen LogP contribution in [0.2, 0.25) is 0 Å². The van der Waals surface area contributed by atoms with Gasteiger partial charge in [0, 0.05) is 23.1 Å². The van der Waals surface area contributed by atoms with Crippen LogP contribution in [0.25, 0.3) is 5.57 Å². The summed E-state index contributed by atoms with van der Waals surface area (Å²) in [5, 5.41) is 24.7. The summed E-state index contributed by atoms with van der Waals surface area (Å²) in [7, 11) is 0. The van der Waals surface area contributed by atoms with Crippen molar-refractivity contribution in [3.8, 4) is 0 Å². The molecule has 2 atom stereocenters. The molecule has 0 saturated carbocycles. The number of aromatic nitrogens is 2. The molecular weight excluding hydrogens is 450 g/mol. The number of carboxylic acids is 1. The zero-order valence-corrected chi connectivity index (χ0v) is 17.9. The van der Waals surface area contributed by atoms with Crippen LogP contribution >= 0.6 is 34.4 Å². The van der Waals surface area contributed by atoms with Crippen LogP contribution in [0, 0.1) is 0 Å². The lowest BCUT2D eigenvalue weighted by molar-refractivity contribution is -0.150. The van der Waals surface area contributed by atoms with Gasteiger partial charge in [-0.3, -0.25) is 19.3 Å². The van der Waals surface area contributed by atoms with Gasteiger partial charge in [-0.05, 0) is 11.4 Å². The number of thiophene rings is 1. The van der Waals surface area contributed by atoms with Gasteiger partial charge in [-0.25, -0.2) is 4.79 Å². The molecule has 0 aliphatic carbocycles. The van der Waals surface area contributed by atoms with Gasteiger partial charge in [0.05, 0.1) is 6.42 Å². The summed E-state index contributed by atoms with van der Waals surface area (Å²) in [5.74, 6) is -2.06. The van der Waals surface area contributed by atoms with E-state index in [1.54, 1.807) is 0 Å². The molecular formula is C17H15N5O5S3. The molecule has 3 amide bonds. The van der Waals surface area contributed by atoms with Crippen molar-refractivity contribution in [3.63, 3.8) is 0 Å². The number of rotatable bonds is 6. The smallest absolute Gasteiger partial charge is 0.353 e. The molecule has 1 saturated heterocycles. The molecule has 0 aromatic carbocycles. The van der Waals surface area contributed by atoms with Crippen LogP contribution in [0.1, 0.15) is 16.8 Å². The zero-order valence-electron chi connectivity index (χ0n) is 15.4. The van der Waals surface area contributed by atoms with E-state index >= 15 is 0 Å². The molecule has 2 aliphatic rings. The first-order chi connectivity index (χ1) is 14.3. The summed E-state index contributed by atoms with van der Waals surface area (Å²) in [6.07, 6.45) is 0.169. The zero-order chi connectivity index (χ0) is 21.4. The average molecular weight is 466 g/mol. The summed E-state index contributed by atoms with van der Waals surface area (Å²) in [4.78, 5) is 50.1. The minimum Gasteiger partial charge on any atom is -0.477 e. The van der Waals surface area contributed by atoms with E-state index in [1.807, 2.05) is 17.5 Å². The first-order valence-electron chi connectivity index (χ1n) is 8.69. The molecule has 3 N–H and O–H groups in total. The van der Waals surface area contributed by atoms with Crippen LogP contribution in [-0.2, 0) is 25.6 Å². The Morgan fingerprint density at radius 1 is 1.33 bits per heavy atom. The first-order valence-corrected chi connectivity index (χ1v) is 11.4. The Morgan fingerprint density at radius 3 is 2.80 bits per heavy atom. The Bertz CT molecular complexity index is 1060. The Morgan fingerprint density at radius 2 is 2.13 bits per heavy atom. The molecule has 10 nitrogen and oxygen atoms in total. The third-order valence-electron chi connectivity index (χ3n) is 4.37. The Kier molecular flexibility index (Phi) is 5.58. The number of aliphatic carboxylic acids is 1. The monoisotopic (exact) mass is 465 g/mol. The number of carboxylic acid groups (broad SMARTS) is 1. The van der Waals surface area contributed by atoms with E-state index in [9.17, 15) is 24.3 Å². The van der Waals surface area contributed by atoms with Crippen molar-refractivity contribution in [1.29, 1.82) is 0 Å². The molecule has 4 heterocycles. The number of thioether (sulfide) groups is 1. The van der Waals surface area contributed by atoms with Crippen LogP contribution in [0.4, 0.5) is 5.13 Å². The third kappa shape index (κ3) is 3.82. The second kappa shape index (κ2) is 8.16. The fraction of sp³-hybridized carbons (Fsp3) is 0.294. The molecule has 156 valence electrons. The van der Waals surface area contributed by atoms with E-state index in [4.69, 9.17) is 0 Å². The van der Waals surface area contributed by atoms with Gasteiger partial charge in [0.25, 0.3) is 5.91 Å². The summed E-state index contributed by atoms with van der Waals surface area (Å²) in [5.41, 5.74) is 0.188. The van der Waals surface area contributed by atoms with E-state index < -0.39 is 23.3 Å². The van der Waals surface area contributed by atoms with E-state index in [-0.39, 0.29) is 34.8 Å². The Balaban J connectivity index is 1.53. The lowest BCUT2D eigenvalue weighted by Gasteiger charge is -2.49. The molecule has 0 radical (unpaired) electrons. The molecule has 0 spiro atoms. The standard InChI is InChI=1S/C17H15N5O5S3/c1-7(23)18-17-21-20-13(30-17)9-6-29-15-11(14(25)22(15)12(9)16(26)27)19-10(24)5-8-3-2-4-28-8/h2-4,11,15H,5-6H2,1H3,(H,19,24)(H,26,27)(H,18,21,23)/t11?,15-/m1/s1. The number of β-lactam (4-membered cyclic amide) rings is 1. The van der Waals surface area contributed by atoms with Gasteiger partial charge >= 0.3 is 5.97 Å². The molecule has 13 heteroatoms. The molecule has 1 unspecified atom stereocenters. The molecule has 1 fully saturated rings. The Labute approximate surface area is 182 Å². The van der Waals surface area contributed by atoms with Crippen molar-refractivity contribution in [2.45, 2.75) is 24.8 Å². The van der Waals surface area contributed by atoms with Gasteiger partial charge in [-0.1, -0.05) is 17.4 Å².